The maximum Gasteiger partial charge on any atom is 0.270 e. The molecule has 0 aromatic heterocycles. The lowest BCUT2D eigenvalue weighted by Gasteiger charge is -2.17. The van der Waals surface area contributed by atoms with Gasteiger partial charge in [0.1, 0.15) is 0 Å². The van der Waals surface area contributed by atoms with Crippen molar-refractivity contribution in [1.82, 2.24) is 0 Å². The highest BCUT2D eigenvalue weighted by Gasteiger charge is 2.34. The van der Waals surface area contributed by atoms with Crippen LogP contribution >= 0.6 is 24.0 Å². The van der Waals surface area contributed by atoms with E-state index < -0.39 is 0 Å². The molecule has 8 heteroatoms. The summed E-state index contributed by atoms with van der Waals surface area (Å²) < 4.78 is 11.6. The molecule has 0 bridgehead atoms. The van der Waals surface area contributed by atoms with E-state index in [2.05, 4.69) is 5.32 Å². The lowest BCUT2D eigenvalue weighted by atomic mass is 10.1. The second-order valence-corrected chi connectivity index (χ2v) is 9.60. The number of hydrogen-bond donors (Lipinski definition) is 1. The lowest BCUT2D eigenvalue weighted by Crippen LogP contribution is -2.28. The van der Waals surface area contributed by atoms with Gasteiger partial charge in [-0.25, -0.2) is 0 Å². The molecule has 1 fully saturated rings. The zero-order valence-electron chi connectivity index (χ0n) is 19.5. The number of para-hydroxylation sites is 1. The summed E-state index contributed by atoms with van der Waals surface area (Å²) in [6.45, 7) is 3.81. The predicted octanol–water partition coefficient (Wildman–Crippen LogP) is 5.74. The molecule has 0 spiro atoms. The minimum Gasteiger partial charge on any atom is -0.493 e. The van der Waals surface area contributed by atoms with Crippen LogP contribution < -0.4 is 19.7 Å². The van der Waals surface area contributed by atoms with E-state index in [1.807, 2.05) is 50.2 Å². The number of nitrogens with one attached hydrogen (secondary N) is 1. The van der Waals surface area contributed by atoms with E-state index in [1.54, 1.807) is 41.3 Å². The second-order valence-electron chi connectivity index (χ2n) is 7.92. The fourth-order valence-corrected chi connectivity index (χ4v) is 4.92. The number of benzene rings is 3. The van der Waals surface area contributed by atoms with Gasteiger partial charge in [-0.05, 0) is 61.4 Å². The maximum absolute atomic E-state index is 13.2. The molecule has 35 heavy (non-hydrogen) atoms. The normalized spacial score (nSPS) is 14.4. The van der Waals surface area contributed by atoms with E-state index in [4.69, 9.17) is 21.7 Å². The number of thioether (sulfide) groups is 1. The van der Waals surface area contributed by atoms with Gasteiger partial charge in [0.2, 0.25) is 0 Å². The Hall–Kier alpha value is -3.62. The first kappa shape index (κ1) is 24.5. The number of amides is 2. The molecule has 1 aliphatic rings. The standard InChI is InChI=1S/C27H24N2O4S2/c1-17-9-11-21(18(2)13-17)29-26(31)24(35-27(29)34)15-19-10-12-22(23(14-19)32-3)33-16-25(30)28-20-7-5-4-6-8-20/h4-15H,16H2,1-3H3,(H,28,30)/b24-15+. The van der Waals surface area contributed by atoms with E-state index in [0.29, 0.717) is 26.4 Å². The van der Waals surface area contributed by atoms with Crippen molar-refractivity contribution in [2.24, 2.45) is 0 Å². The summed E-state index contributed by atoms with van der Waals surface area (Å²) in [6.07, 6.45) is 1.78. The number of anilines is 2. The molecular formula is C27H24N2O4S2. The van der Waals surface area contributed by atoms with Gasteiger partial charge in [-0.1, -0.05) is 65.9 Å². The Labute approximate surface area is 213 Å². The highest BCUT2D eigenvalue weighted by Crippen LogP contribution is 2.38. The van der Waals surface area contributed by atoms with Crippen LogP contribution in [0.3, 0.4) is 0 Å². The largest absolute Gasteiger partial charge is 0.493 e. The van der Waals surface area contributed by atoms with Crippen molar-refractivity contribution in [1.29, 1.82) is 0 Å². The molecule has 1 saturated heterocycles. The number of aryl methyl sites for hydroxylation is 2. The van der Waals surface area contributed by atoms with E-state index in [-0.39, 0.29) is 18.4 Å². The summed E-state index contributed by atoms with van der Waals surface area (Å²) in [5, 5.41) is 2.77. The first-order valence-electron chi connectivity index (χ1n) is 10.9. The predicted molar refractivity (Wildman–Crippen MR) is 145 cm³/mol. The molecule has 3 aromatic rings. The molecule has 0 radical (unpaired) electrons. The van der Waals surface area contributed by atoms with Crippen molar-refractivity contribution >= 4 is 57.6 Å². The average Bonchev–Trinajstić information content (AvgIpc) is 3.11. The lowest BCUT2D eigenvalue weighted by molar-refractivity contribution is -0.118. The number of carbonyl (C=O) groups excluding carboxylic acids is 2. The first-order chi connectivity index (χ1) is 16.9. The minimum atomic E-state index is -0.280. The van der Waals surface area contributed by atoms with E-state index in [9.17, 15) is 9.59 Å². The Balaban J connectivity index is 1.47. The van der Waals surface area contributed by atoms with Gasteiger partial charge < -0.3 is 14.8 Å². The Morgan fingerprint density at radius 1 is 1.06 bits per heavy atom. The molecule has 1 N–H and O–H groups in total. The molecule has 0 aliphatic carbocycles. The fourth-order valence-electron chi connectivity index (χ4n) is 3.64. The topological polar surface area (TPSA) is 67.9 Å². The Kier molecular flexibility index (Phi) is 7.53. The molecule has 4 rings (SSSR count). The van der Waals surface area contributed by atoms with Gasteiger partial charge in [0, 0.05) is 5.69 Å². The van der Waals surface area contributed by atoms with Crippen molar-refractivity contribution in [3.8, 4) is 11.5 Å². The molecule has 1 aliphatic heterocycles. The number of hydrogen-bond acceptors (Lipinski definition) is 6. The van der Waals surface area contributed by atoms with Crippen LogP contribution in [0.5, 0.6) is 11.5 Å². The van der Waals surface area contributed by atoms with Gasteiger partial charge in [-0.3, -0.25) is 14.5 Å². The van der Waals surface area contributed by atoms with Crippen LogP contribution in [0.4, 0.5) is 11.4 Å². The van der Waals surface area contributed by atoms with Gasteiger partial charge in [0.15, 0.2) is 22.4 Å². The molecule has 2 amide bonds. The van der Waals surface area contributed by atoms with Gasteiger partial charge in [-0.15, -0.1) is 0 Å². The second kappa shape index (κ2) is 10.8. The molecule has 178 valence electrons. The van der Waals surface area contributed by atoms with Crippen LogP contribution in [0.2, 0.25) is 0 Å². The molecule has 3 aromatic carbocycles. The van der Waals surface area contributed by atoms with Crippen molar-refractivity contribution in [3.05, 3.63) is 88.3 Å². The molecule has 0 unspecified atom stereocenters. The molecular weight excluding hydrogens is 480 g/mol. The highest BCUT2D eigenvalue weighted by molar-refractivity contribution is 8.27. The van der Waals surface area contributed by atoms with Crippen molar-refractivity contribution < 1.29 is 19.1 Å². The van der Waals surface area contributed by atoms with Crippen LogP contribution in [0.25, 0.3) is 6.08 Å². The summed E-state index contributed by atoms with van der Waals surface area (Å²) >= 11 is 6.77. The van der Waals surface area contributed by atoms with Crippen molar-refractivity contribution in [2.45, 2.75) is 13.8 Å². The zero-order valence-corrected chi connectivity index (χ0v) is 21.2. The Bertz CT molecular complexity index is 1320. The number of carbonyl (C=O) groups is 2. The zero-order chi connectivity index (χ0) is 24.9. The quantitative estimate of drug-likeness (QED) is 0.327. The summed E-state index contributed by atoms with van der Waals surface area (Å²) in [5.41, 5.74) is 4.35. The highest BCUT2D eigenvalue weighted by atomic mass is 32.2. The number of ether oxygens (including phenoxy) is 2. The van der Waals surface area contributed by atoms with Gasteiger partial charge >= 0.3 is 0 Å². The number of thiocarbonyl (C=S) groups is 1. The molecule has 1 heterocycles. The third kappa shape index (κ3) is 5.72. The van der Waals surface area contributed by atoms with Crippen LogP contribution in [0.15, 0.2) is 71.6 Å². The van der Waals surface area contributed by atoms with Crippen molar-refractivity contribution in [2.75, 3.05) is 23.9 Å². The number of rotatable bonds is 7. The van der Waals surface area contributed by atoms with E-state index in [1.165, 1.54) is 18.9 Å². The third-order valence-electron chi connectivity index (χ3n) is 5.29. The van der Waals surface area contributed by atoms with E-state index >= 15 is 0 Å². The SMILES string of the molecule is COc1cc(/C=C2/SC(=S)N(c3ccc(C)cc3C)C2=O)ccc1OCC(=O)Nc1ccccc1. The van der Waals surface area contributed by atoms with Crippen LogP contribution in [0.1, 0.15) is 16.7 Å². The van der Waals surface area contributed by atoms with Gasteiger partial charge in [-0.2, -0.15) is 0 Å². The monoisotopic (exact) mass is 504 g/mol. The number of nitrogens with zero attached hydrogens (tertiary/aromatic N) is 1. The Morgan fingerprint density at radius 2 is 1.83 bits per heavy atom. The molecule has 0 saturated carbocycles. The Morgan fingerprint density at radius 3 is 2.54 bits per heavy atom. The van der Waals surface area contributed by atoms with E-state index in [0.717, 1.165) is 22.4 Å². The fraction of sp³-hybridized carbons (Fsp3) is 0.148. The van der Waals surface area contributed by atoms with Crippen molar-refractivity contribution in [3.63, 3.8) is 0 Å². The summed E-state index contributed by atoms with van der Waals surface area (Å²) in [5.74, 6) is 0.438. The summed E-state index contributed by atoms with van der Waals surface area (Å²) in [7, 11) is 1.52. The van der Waals surface area contributed by atoms with Crippen LogP contribution in [-0.4, -0.2) is 29.9 Å². The van der Waals surface area contributed by atoms with Crippen LogP contribution in [0, 0.1) is 13.8 Å². The maximum atomic E-state index is 13.2. The van der Waals surface area contributed by atoms with Gasteiger partial charge in [0.05, 0.1) is 17.7 Å². The van der Waals surface area contributed by atoms with Crippen LogP contribution in [-0.2, 0) is 9.59 Å². The first-order valence-corrected chi connectivity index (χ1v) is 12.1. The summed E-state index contributed by atoms with van der Waals surface area (Å²) in [4.78, 5) is 27.4. The van der Waals surface area contributed by atoms with Gasteiger partial charge in [0.25, 0.3) is 11.8 Å². The average molecular weight is 505 g/mol. The smallest absolute Gasteiger partial charge is 0.270 e. The molecule has 6 nitrogen and oxygen atoms in total. The summed E-state index contributed by atoms with van der Waals surface area (Å²) in [6, 6.07) is 20.3. The molecule has 0 atom stereocenters. The minimum absolute atomic E-state index is 0.163. The third-order valence-corrected chi connectivity index (χ3v) is 6.59. The number of methoxy groups -OCH3 is 1.